The lowest BCUT2D eigenvalue weighted by molar-refractivity contribution is -0.137. The fourth-order valence-corrected chi connectivity index (χ4v) is 1.93. The number of unbranched alkanes of at least 4 members (excludes halogenated alkanes) is 4. The quantitative estimate of drug-likeness (QED) is 0.199. The van der Waals surface area contributed by atoms with Crippen LogP contribution in [-0.2, 0) is 15.2 Å². The highest BCUT2D eigenvalue weighted by Gasteiger charge is 1.92. The highest BCUT2D eigenvalue weighted by Crippen LogP contribution is 2.01. The van der Waals surface area contributed by atoms with Crippen LogP contribution in [0.5, 0.6) is 0 Å². The number of carboxylic acids is 1. The zero-order chi connectivity index (χ0) is 20.8. The van der Waals surface area contributed by atoms with Gasteiger partial charge in [-0.1, -0.05) is 68.4 Å². The SMILES string of the molecule is CCCCCC=CCC=CCC=CCC=CCCCC(=O)O.O=S(=O)(O)O. The minimum atomic E-state index is -4.67. The Morgan fingerprint density at radius 3 is 1.48 bits per heavy atom. The predicted molar refractivity (Wildman–Crippen MR) is 110 cm³/mol. The van der Waals surface area contributed by atoms with Crippen LogP contribution in [0.2, 0.25) is 0 Å². The highest BCUT2D eigenvalue weighted by molar-refractivity contribution is 7.79. The number of rotatable bonds is 14. The van der Waals surface area contributed by atoms with Crippen molar-refractivity contribution in [2.75, 3.05) is 0 Å². The second-order valence-electron chi connectivity index (χ2n) is 5.82. The predicted octanol–water partition coefficient (Wildman–Crippen LogP) is 5.56. The summed E-state index contributed by atoms with van der Waals surface area (Å²) in [7, 11) is -4.67. The van der Waals surface area contributed by atoms with Crippen LogP contribution in [0, 0.1) is 0 Å². The molecule has 0 radical (unpaired) electrons. The summed E-state index contributed by atoms with van der Waals surface area (Å²) >= 11 is 0. The summed E-state index contributed by atoms with van der Waals surface area (Å²) in [4.78, 5) is 10.3. The van der Waals surface area contributed by atoms with Crippen LogP contribution in [0.4, 0.5) is 0 Å². The van der Waals surface area contributed by atoms with Crippen LogP contribution < -0.4 is 0 Å². The first-order valence-corrected chi connectivity index (χ1v) is 10.7. The largest absolute Gasteiger partial charge is 0.481 e. The number of carboxylic acid groups (broad SMARTS) is 1. The monoisotopic (exact) mass is 402 g/mol. The Kier molecular flexibility index (Phi) is 21.0. The van der Waals surface area contributed by atoms with Crippen molar-refractivity contribution in [3.8, 4) is 0 Å². The van der Waals surface area contributed by atoms with Gasteiger partial charge in [0.25, 0.3) is 0 Å². The summed E-state index contributed by atoms with van der Waals surface area (Å²) in [6.45, 7) is 2.23. The molecule has 0 aromatic heterocycles. The Morgan fingerprint density at radius 2 is 1.11 bits per heavy atom. The fraction of sp³-hybridized carbons (Fsp3) is 0.550. The first kappa shape index (κ1) is 27.5. The van der Waals surface area contributed by atoms with E-state index in [4.69, 9.17) is 22.6 Å². The standard InChI is InChI=1S/C20H32O2.H2O4S/c1-2-3-4-5-6-7-8-9-10-11-12-13-14-15-16-17-18-19-20(21)22;1-5(2,3)4/h6-7,9-10,12-13,15-16H,2-5,8,11,14,17-19H2,1H3,(H,21,22);(H2,1,2,3,4). The van der Waals surface area contributed by atoms with E-state index in [2.05, 4.69) is 55.5 Å². The third-order valence-electron chi connectivity index (χ3n) is 3.22. The molecule has 0 aliphatic rings. The van der Waals surface area contributed by atoms with Crippen molar-refractivity contribution in [1.29, 1.82) is 0 Å². The molecule has 0 aliphatic heterocycles. The van der Waals surface area contributed by atoms with Crippen molar-refractivity contribution >= 4 is 16.4 Å². The topological polar surface area (TPSA) is 112 Å². The summed E-state index contributed by atoms with van der Waals surface area (Å²) < 4.78 is 31.6. The van der Waals surface area contributed by atoms with Gasteiger partial charge in [0.1, 0.15) is 0 Å². The molecule has 0 aromatic carbocycles. The molecule has 156 valence electrons. The van der Waals surface area contributed by atoms with Crippen molar-refractivity contribution in [2.24, 2.45) is 0 Å². The average molecular weight is 403 g/mol. The molecule has 0 heterocycles. The summed E-state index contributed by atoms with van der Waals surface area (Å²) in [6, 6.07) is 0. The molecule has 0 amide bonds. The van der Waals surface area contributed by atoms with Gasteiger partial charge in [-0.3, -0.25) is 13.9 Å². The molecular weight excluding hydrogens is 368 g/mol. The summed E-state index contributed by atoms with van der Waals surface area (Å²) in [5, 5.41) is 8.49. The zero-order valence-corrected chi connectivity index (χ0v) is 17.0. The van der Waals surface area contributed by atoms with Crippen LogP contribution in [0.3, 0.4) is 0 Å². The van der Waals surface area contributed by atoms with Gasteiger partial charge in [-0.05, 0) is 44.9 Å². The molecular formula is C20H34O6S. The third-order valence-corrected chi connectivity index (χ3v) is 3.22. The second kappa shape index (κ2) is 20.6. The summed E-state index contributed by atoms with van der Waals surface area (Å²) in [5.41, 5.74) is 0. The first-order chi connectivity index (χ1) is 12.8. The van der Waals surface area contributed by atoms with Crippen LogP contribution in [0.25, 0.3) is 0 Å². The Labute approximate surface area is 164 Å². The van der Waals surface area contributed by atoms with E-state index in [-0.39, 0.29) is 6.42 Å². The van der Waals surface area contributed by atoms with Gasteiger partial charge in [0.2, 0.25) is 0 Å². The minimum absolute atomic E-state index is 0.262. The van der Waals surface area contributed by atoms with Gasteiger partial charge in [0.15, 0.2) is 0 Å². The van der Waals surface area contributed by atoms with Crippen molar-refractivity contribution in [1.82, 2.24) is 0 Å². The Morgan fingerprint density at radius 1 is 0.741 bits per heavy atom. The lowest BCUT2D eigenvalue weighted by atomic mass is 10.2. The Balaban J connectivity index is 0. The van der Waals surface area contributed by atoms with Gasteiger partial charge in [0.05, 0.1) is 0 Å². The first-order valence-electron chi connectivity index (χ1n) is 9.29. The van der Waals surface area contributed by atoms with E-state index in [0.717, 1.165) is 32.1 Å². The summed E-state index contributed by atoms with van der Waals surface area (Å²) in [6.07, 6.45) is 27.3. The average Bonchev–Trinajstić information content (AvgIpc) is 2.56. The molecule has 0 aliphatic carbocycles. The molecule has 0 aromatic rings. The highest BCUT2D eigenvalue weighted by atomic mass is 32.3. The lowest BCUT2D eigenvalue weighted by Gasteiger charge is -1.90. The van der Waals surface area contributed by atoms with Crippen LogP contribution >= 0.6 is 0 Å². The van der Waals surface area contributed by atoms with E-state index in [1.165, 1.54) is 25.7 Å². The molecule has 7 heteroatoms. The number of carbonyl (C=O) groups is 1. The van der Waals surface area contributed by atoms with E-state index >= 15 is 0 Å². The molecule has 6 nitrogen and oxygen atoms in total. The van der Waals surface area contributed by atoms with Crippen LogP contribution in [0.1, 0.15) is 71.1 Å². The zero-order valence-electron chi connectivity index (χ0n) is 16.2. The van der Waals surface area contributed by atoms with Crippen LogP contribution in [-0.4, -0.2) is 28.6 Å². The van der Waals surface area contributed by atoms with Gasteiger partial charge >= 0.3 is 16.4 Å². The van der Waals surface area contributed by atoms with E-state index in [0.29, 0.717) is 0 Å². The molecule has 0 fully saturated rings. The maximum atomic E-state index is 10.3. The number of hydrogen-bond acceptors (Lipinski definition) is 3. The van der Waals surface area contributed by atoms with Crippen molar-refractivity contribution in [3.63, 3.8) is 0 Å². The van der Waals surface area contributed by atoms with E-state index in [1.54, 1.807) is 0 Å². The van der Waals surface area contributed by atoms with Gasteiger partial charge in [-0.15, -0.1) is 0 Å². The molecule has 27 heavy (non-hydrogen) atoms. The smallest absolute Gasteiger partial charge is 0.394 e. The van der Waals surface area contributed by atoms with Crippen LogP contribution in [0.15, 0.2) is 48.6 Å². The van der Waals surface area contributed by atoms with E-state index in [1.807, 2.05) is 0 Å². The molecule has 0 unspecified atom stereocenters. The summed E-state index contributed by atoms with van der Waals surface area (Å²) in [5.74, 6) is -0.712. The molecule has 0 saturated heterocycles. The maximum absolute atomic E-state index is 10.3. The number of hydrogen-bond donors (Lipinski definition) is 3. The van der Waals surface area contributed by atoms with Gasteiger partial charge in [-0.25, -0.2) is 0 Å². The lowest BCUT2D eigenvalue weighted by Crippen LogP contribution is -1.92. The third kappa shape index (κ3) is 40.4. The molecule has 3 N–H and O–H groups in total. The van der Waals surface area contributed by atoms with Crippen molar-refractivity contribution < 1.29 is 27.4 Å². The number of allylic oxidation sites excluding steroid dienone is 8. The molecule has 0 bridgehead atoms. The molecule has 0 rings (SSSR count). The maximum Gasteiger partial charge on any atom is 0.394 e. The van der Waals surface area contributed by atoms with Gasteiger partial charge in [-0.2, -0.15) is 8.42 Å². The van der Waals surface area contributed by atoms with Crippen molar-refractivity contribution in [3.05, 3.63) is 48.6 Å². The van der Waals surface area contributed by atoms with Gasteiger partial charge < -0.3 is 5.11 Å². The Bertz CT molecular complexity index is 551. The fourth-order valence-electron chi connectivity index (χ4n) is 1.93. The van der Waals surface area contributed by atoms with E-state index < -0.39 is 16.4 Å². The van der Waals surface area contributed by atoms with Crippen molar-refractivity contribution in [2.45, 2.75) is 71.1 Å². The normalized spacial score (nSPS) is 12.3. The van der Waals surface area contributed by atoms with E-state index in [9.17, 15) is 4.79 Å². The minimum Gasteiger partial charge on any atom is -0.481 e. The number of aliphatic carboxylic acids is 1. The molecule has 0 atom stereocenters. The molecule has 0 spiro atoms. The molecule has 0 saturated carbocycles. The van der Waals surface area contributed by atoms with Gasteiger partial charge in [0, 0.05) is 6.42 Å². The second-order valence-corrected chi connectivity index (χ2v) is 6.72. The Hall–Kier alpha value is -1.70.